The molecule has 3 aromatic heterocycles. The van der Waals surface area contributed by atoms with Gasteiger partial charge in [0.25, 0.3) is 11.5 Å². The number of aryl methyl sites for hydroxylation is 1. The summed E-state index contributed by atoms with van der Waals surface area (Å²) in [5.74, 6) is 5.29. The molecule has 0 bridgehead atoms. The number of carbonyl (C=O) groups is 2. The van der Waals surface area contributed by atoms with Crippen molar-refractivity contribution in [1.82, 2.24) is 24.5 Å². The molecule has 0 saturated carbocycles. The fourth-order valence-electron chi connectivity index (χ4n) is 4.09. The van der Waals surface area contributed by atoms with Crippen molar-refractivity contribution in [2.24, 2.45) is 5.73 Å². The van der Waals surface area contributed by atoms with Gasteiger partial charge in [-0.15, -0.1) is 5.10 Å². The van der Waals surface area contributed by atoms with Crippen LogP contribution < -0.4 is 22.3 Å². The average Bonchev–Trinajstić information content (AvgIpc) is 3.27. The minimum Gasteiger partial charge on any atom is -0.381 e. The van der Waals surface area contributed by atoms with Gasteiger partial charge < -0.3 is 16.8 Å². The normalized spacial score (nSPS) is 10.3. The van der Waals surface area contributed by atoms with Crippen LogP contribution >= 0.6 is 0 Å². The number of nitrogens with one attached hydrogen (secondary N) is 1. The summed E-state index contributed by atoms with van der Waals surface area (Å²) in [6, 6.07) is 19.0. The first-order chi connectivity index (χ1) is 18.8. The highest BCUT2D eigenvalue weighted by molar-refractivity contribution is 6.03. The monoisotopic (exact) mass is 521 g/mol. The number of carbonyl (C=O) groups excluding carboxylic acids is 2. The van der Waals surface area contributed by atoms with Crippen molar-refractivity contribution >= 4 is 34.1 Å². The van der Waals surface area contributed by atoms with E-state index in [9.17, 15) is 14.4 Å². The van der Waals surface area contributed by atoms with Crippen LogP contribution in [0, 0.1) is 11.8 Å². The Kier molecular flexibility index (Phi) is 8.02. The van der Waals surface area contributed by atoms with Gasteiger partial charge >= 0.3 is 0 Å². The molecule has 2 amide bonds. The molecule has 0 atom stereocenters. The zero-order valence-electron chi connectivity index (χ0n) is 21.5. The zero-order chi connectivity index (χ0) is 27.9. The molecule has 196 valence electrons. The topological polar surface area (TPSA) is 150 Å². The average molecular weight is 522 g/mol. The predicted octanol–water partition coefficient (Wildman–Crippen LogP) is 2.45. The number of nitrogens with zero attached hydrogens (tertiary/aromatic N) is 4. The molecule has 0 aliphatic heterocycles. The fourth-order valence-corrected chi connectivity index (χ4v) is 4.09. The molecule has 0 aliphatic rings. The van der Waals surface area contributed by atoms with Gasteiger partial charge in [0.1, 0.15) is 5.56 Å². The van der Waals surface area contributed by atoms with Gasteiger partial charge in [-0.2, -0.15) is 0 Å². The van der Waals surface area contributed by atoms with Gasteiger partial charge in [-0.1, -0.05) is 49.1 Å². The molecule has 5 N–H and O–H groups in total. The van der Waals surface area contributed by atoms with Crippen LogP contribution in [-0.4, -0.2) is 37.5 Å². The smallest absolute Gasteiger partial charge is 0.264 e. The zero-order valence-corrected chi connectivity index (χ0v) is 21.5. The molecule has 5 rings (SSSR count). The predicted molar refractivity (Wildman–Crippen MR) is 150 cm³/mol. The minimum atomic E-state index is -0.619. The summed E-state index contributed by atoms with van der Waals surface area (Å²) in [5.41, 5.74) is 13.5. The third-order valence-electron chi connectivity index (χ3n) is 5.82. The van der Waals surface area contributed by atoms with Gasteiger partial charge in [-0.25, -0.2) is 9.50 Å². The summed E-state index contributed by atoms with van der Waals surface area (Å²) in [4.78, 5) is 39.1. The highest BCUT2D eigenvalue weighted by Crippen LogP contribution is 2.19. The molecular weight excluding hydrogens is 494 g/mol. The van der Waals surface area contributed by atoms with E-state index in [1.54, 1.807) is 23.0 Å². The van der Waals surface area contributed by atoms with Gasteiger partial charge in [-0.3, -0.25) is 19.0 Å². The van der Waals surface area contributed by atoms with Crippen molar-refractivity contribution < 1.29 is 9.59 Å². The minimum absolute atomic E-state index is 0.0741. The Balaban J connectivity index is 0.000000226. The molecule has 10 heteroatoms. The number of hydrogen-bond acceptors (Lipinski definition) is 6. The second-order valence-electron chi connectivity index (χ2n) is 8.46. The van der Waals surface area contributed by atoms with E-state index in [1.165, 1.54) is 11.4 Å². The van der Waals surface area contributed by atoms with E-state index in [4.69, 9.17) is 11.5 Å². The lowest BCUT2D eigenvalue weighted by Crippen LogP contribution is -2.22. The molecule has 0 saturated heterocycles. The third-order valence-corrected chi connectivity index (χ3v) is 5.82. The Bertz CT molecular complexity index is 1790. The first-order valence-electron chi connectivity index (χ1n) is 12.2. The van der Waals surface area contributed by atoms with Crippen LogP contribution in [0.25, 0.3) is 22.1 Å². The Morgan fingerprint density at radius 3 is 2.54 bits per heavy atom. The van der Waals surface area contributed by atoms with E-state index >= 15 is 0 Å². The summed E-state index contributed by atoms with van der Waals surface area (Å²) in [5, 5.41) is 7.98. The van der Waals surface area contributed by atoms with E-state index in [1.807, 2.05) is 61.5 Å². The second kappa shape index (κ2) is 11.7. The van der Waals surface area contributed by atoms with Crippen molar-refractivity contribution in [3.8, 4) is 17.5 Å². The largest absolute Gasteiger partial charge is 0.381 e. The molecule has 0 aliphatic carbocycles. The van der Waals surface area contributed by atoms with E-state index in [-0.39, 0.29) is 29.4 Å². The molecule has 2 aromatic carbocycles. The summed E-state index contributed by atoms with van der Waals surface area (Å²) in [6.45, 7) is 3.74. The number of pyridine rings is 1. The van der Waals surface area contributed by atoms with Crippen LogP contribution in [0.1, 0.15) is 35.5 Å². The number of fused-ring (bicyclic) bond motifs is 2. The molecule has 5 aromatic rings. The summed E-state index contributed by atoms with van der Waals surface area (Å²) in [6.07, 6.45) is 3.94. The van der Waals surface area contributed by atoms with Crippen LogP contribution in [0.5, 0.6) is 0 Å². The Hall–Kier alpha value is -5.43. The number of anilines is 1. The first-order valence-corrected chi connectivity index (χ1v) is 12.2. The molecule has 10 nitrogen and oxygen atoms in total. The summed E-state index contributed by atoms with van der Waals surface area (Å²) >= 11 is 0. The lowest BCUT2D eigenvalue weighted by molar-refractivity contribution is -0.118. The van der Waals surface area contributed by atoms with Gasteiger partial charge in [0, 0.05) is 36.3 Å². The highest BCUT2D eigenvalue weighted by atomic mass is 16.2. The maximum absolute atomic E-state index is 13.3. The van der Waals surface area contributed by atoms with Crippen molar-refractivity contribution in [3.05, 3.63) is 100 Å². The van der Waals surface area contributed by atoms with Crippen LogP contribution in [0.15, 0.2) is 77.9 Å². The summed E-state index contributed by atoms with van der Waals surface area (Å²) in [7, 11) is 0. The molecule has 3 heterocycles. The lowest BCUT2D eigenvalue weighted by Gasteiger charge is -2.14. The number of nitrogen functional groups attached to an aromatic ring is 1. The molecular formula is C29H27N7O3. The number of rotatable bonds is 4. The molecule has 0 unspecified atom stereocenters. The van der Waals surface area contributed by atoms with Crippen LogP contribution in [0.2, 0.25) is 0 Å². The SMILES string of the molecule is CCc1cc2cccc(C#CCNC(C)=O)c2c(=O)n1-c1ccccc1.NC(=O)c1c(N)nn2cccnc12. The van der Waals surface area contributed by atoms with Crippen LogP contribution in [-0.2, 0) is 11.2 Å². The number of amides is 2. The Morgan fingerprint density at radius 2 is 1.85 bits per heavy atom. The van der Waals surface area contributed by atoms with Crippen molar-refractivity contribution in [3.63, 3.8) is 0 Å². The van der Waals surface area contributed by atoms with Gasteiger partial charge in [0.05, 0.1) is 11.9 Å². The van der Waals surface area contributed by atoms with E-state index in [2.05, 4.69) is 27.2 Å². The number of benzene rings is 2. The quantitative estimate of drug-likeness (QED) is 0.309. The Morgan fingerprint density at radius 1 is 1.08 bits per heavy atom. The van der Waals surface area contributed by atoms with Crippen molar-refractivity contribution in [2.75, 3.05) is 12.3 Å². The number of nitrogens with two attached hydrogens (primary N) is 2. The van der Waals surface area contributed by atoms with Crippen molar-refractivity contribution in [1.29, 1.82) is 0 Å². The number of primary amides is 1. The number of aromatic nitrogens is 4. The Labute approximate surface area is 224 Å². The fraction of sp³-hybridized carbons (Fsp3) is 0.138. The number of para-hydroxylation sites is 1. The van der Waals surface area contributed by atoms with Gasteiger partial charge in [0.2, 0.25) is 5.91 Å². The molecule has 0 spiro atoms. The van der Waals surface area contributed by atoms with Gasteiger partial charge in [-0.05, 0) is 42.1 Å². The van der Waals surface area contributed by atoms with E-state index < -0.39 is 5.91 Å². The summed E-state index contributed by atoms with van der Waals surface area (Å²) < 4.78 is 3.16. The molecule has 0 fully saturated rings. The maximum atomic E-state index is 13.3. The molecule has 39 heavy (non-hydrogen) atoms. The van der Waals surface area contributed by atoms with Crippen LogP contribution in [0.4, 0.5) is 5.82 Å². The number of hydrogen-bond donors (Lipinski definition) is 3. The molecule has 0 radical (unpaired) electrons. The van der Waals surface area contributed by atoms with E-state index in [0.29, 0.717) is 16.6 Å². The second-order valence-corrected chi connectivity index (χ2v) is 8.46. The van der Waals surface area contributed by atoms with Crippen LogP contribution in [0.3, 0.4) is 0 Å². The van der Waals surface area contributed by atoms with E-state index in [0.717, 1.165) is 23.2 Å². The first kappa shape index (κ1) is 26.6. The van der Waals surface area contributed by atoms with Gasteiger partial charge in [0.15, 0.2) is 11.5 Å². The lowest BCUT2D eigenvalue weighted by atomic mass is 10.0. The maximum Gasteiger partial charge on any atom is 0.264 e. The highest BCUT2D eigenvalue weighted by Gasteiger charge is 2.15. The van der Waals surface area contributed by atoms with Crippen molar-refractivity contribution in [2.45, 2.75) is 20.3 Å². The standard InChI is InChI=1S/C22H20N2O2.C7H7N5O/c1-3-19-15-18-10-7-9-17(11-8-14-23-16(2)25)21(18)22(26)24(19)20-12-5-4-6-13-20;8-5-4(6(9)13)7-10-2-1-3-12(7)11-5/h4-7,9-10,12-13,15H,3,14H2,1-2H3,(H,23,25);1-3H,(H2,8,11)(H2,9,13). The third kappa shape index (κ3) is 5.78.